The molecule has 106 valence electrons. The van der Waals surface area contributed by atoms with E-state index in [1.54, 1.807) is 0 Å². The number of nitrogens with two attached hydrogens (primary N) is 1. The molecule has 21 heavy (non-hydrogen) atoms. The molecular weight excluding hydrogens is 282 g/mol. The van der Waals surface area contributed by atoms with E-state index in [1.807, 2.05) is 61.5 Å². The molecule has 3 heteroatoms. The Morgan fingerprint density at radius 2 is 1.71 bits per heavy atom. The first-order chi connectivity index (χ1) is 10.2. The van der Waals surface area contributed by atoms with Gasteiger partial charge in [-0.1, -0.05) is 48.0 Å². The SMILES string of the molecule is Cc1ccc(CN)cc1Oc1ccc(Cl)c2ccccc12. The fraction of sp³-hybridized carbons (Fsp3) is 0.111. The summed E-state index contributed by atoms with van der Waals surface area (Å²) < 4.78 is 6.11. The van der Waals surface area contributed by atoms with Gasteiger partial charge in [-0.15, -0.1) is 0 Å². The molecule has 3 aromatic carbocycles. The Hall–Kier alpha value is -2.03. The monoisotopic (exact) mass is 297 g/mol. The Kier molecular flexibility index (Phi) is 3.82. The molecule has 0 saturated carbocycles. The summed E-state index contributed by atoms with van der Waals surface area (Å²) in [5.41, 5.74) is 7.82. The second kappa shape index (κ2) is 5.76. The van der Waals surface area contributed by atoms with E-state index in [9.17, 15) is 0 Å². The maximum absolute atomic E-state index is 6.24. The molecule has 0 spiro atoms. The van der Waals surface area contributed by atoms with Gasteiger partial charge in [-0.05, 0) is 36.2 Å². The molecule has 2 nitrogen and oxygen atoms in total. The number of hydrogen-bond donors (Lipinski definition) is 1. The average molecular weight is 298 g/mol. The summed E-state index contributed by atoms with van der Waals surface area (Å²) in [5.74, 6) is 1.62. The van der Waals surface area contributed by atoms with Crippen molar-refractivity contribution in [2.45, 2.75) is 13.5 Å². The van der Waals surface area contributed by atoms with E-state index in [-0.39, 0.29) is 0 Å². The van der Waals surface area contributed by atoms with Crippen molar-refractivity contribution in [3.05, 3.63) is 70.7 Å². The lowest BCUT2D eigenvalue weighted by molar-refractivity contribution is 0.484. The van der Waals surface area contributed by atoms with E-state index >= 15 is 0 Å². The van der Waals surface area contributed by atoms with Crippen LogP contribution in [0.25, 0.3) is 10.8 Å². The first-order valence-corrected chi connectivity index (χ1v) is 7.21. The second-order valence-corrected chi connectivity index (χ2v) is 5.40. The van der Waals surface area contributed by atoms with Crippen molar-refractivity contribution in [1.29, 1.82) is 0 Å². The van der Waals surface area contributed by atoms with Gasteiger partial charge in [-0.2, -0.15) is 0 Å². The quantitative estimate of drug-likeness (QED) is 0.734. The molecule has 0 aliphatic heterocycles. The number of aryl methyl sites for hydroxylation is 1. The zero-order valence-electron chi connectivity index (χ0n) is 11.8. The van der Waals surface area contributed by atoms with Gasteiger partial charge in [-0.3, -0.25) is 0 Å². The molecule has 0 aliphatic carbocycles. The Balaban J connectivity index is 2.08. The molecule has 0 radical (unpaired) electrons. The zero-order valence-corrected chi connectivity index (χ0v) is 12.5. The van der Waals surface area contributed by atoms with Gasteiger partial charge in [0.05, 0.1) is 0 Å². The minimum atomic E-state index is 0.498. The van der Waals surface area contributed by atoms with Crippen LogP contribution in [0.3, 0.4) is 0 Å². The second-order valence-electron chi connectivity index (χ2n) is 5.00. The van der Waals surface area contributed by atoms with Crippen LogP contribution < -0.4 is 10.5 Å². The van der Waals surface area contributed by atoms with Crippen molar-refractivity contribution in [3.63, 3.8) is 0 Å². The maximum Gasteiger partial charge on any atom is 0.135 e. The van der Waals surface area contributed by atoms with Gasteiger partial charge >= 0.3 is 0 Å². The molecular formula is C18H16ClNO. The fourth-order valence-corrected chi connectivity index (χ4v) is 2.55. The Morgan fingerprint density at radius 1 is 0.952 bits per heavy atom. The summed E-state index contributed by atoms with van der Waals surface area (Å²) in [6, 6.07) is 17.7. The summed E-state index contributed by atoms with van der Waals surface area (Å²) in [7, 11) is 0. The number of benzene rings is 3. The molecule has 0 aromatic heterocycles. The molecule has 3 rings (SSSR count). The van der Waals surface area contributed by atoms with Gasteiger partial charge < -0.3 is 10.5 Å². The molecule has 0 heterocycles. The standard InChI is InChI=1S/C18H16ClNO/c1-12-6-7-13(11-20)10-18(12)21-17-9-8-16(19)14-4-2-3-5-15(14)17/h2-10H,11,20H2,1H3. The molecule has 3 aromatic rings. The van der Waals surface area contributed by atoms with Crippen LogP contribution in [0.2, 0.25) is 5.02 Å². The van der Waals surface area contributed by atoms with E-state index < -0.39 is 0 Å². The molecule has 0 atom stereocenters. The highest BCUT2D eigenvalue weighted by Crippen LogP contribution is 2.35. The highest BCUT2D eigenvalue weighted by atomic mass is 35.5. The van der Waals surface area contributed by atoms with Gasteiger partial charge in [0.15, 0.2) is 0 Å². The van der Waals surface area contributed by atoms with Crippen molar-refractivity contribution >= 4 is 22.4 Å². The van der Waals surface area contributed by atoms with Crippen molar-refractivity contribution in [3.8, 4) is 11.5 Å². The Bertz CT molecular complexity index is 798. The maximum atomic E-state index is 6.24. The number of rotatable bonds is 3. The molecule has 2 N–H and O–H groups in total. The van der Waals surface area contributed by atoms with Crippen LogP contribution in [-0.4, -0.2) is 0 Å². The third-order valence-electron chi connectivity index (χ3n) is 3.54. The first kappa shape index (κ1) is 13.9. The molecule has 0 saturated heterocycles. The lowest BCUT2D eigenvalue weighted by Gasteiger charge is -2.13. The lowest BCUT2D eigenvalue weighted by atomic mass is 10.1. The van der Waals surface area contributed by atoms with Crippen molar-refractivity contribution < 1.29 is 4.74 Å². The largest absolute Gasteiger partial charge is 0.456 e. The predicted molar refractivity (Wildman–Crippen MR) is 88.1 cm³/mol. The highest BCUT2D eigenvalue weighted by Gasteiger charge is 2.08. The van der Waals surface area contributed by atoms with Crippen LogP contribution in [0.15, 0.2) is 54.6 Å². The number of halogens is 1. The summed E-state index contributed by atoms with van der Waals surface area (Å²) >= 11 is 6.24. The summed E-state index contributed by atoms with van der Waals surface area (Å²) in [6.45, 7) is 2.52. The van der Waals surface area contributed by atoms with E-state index in [2.05, 4.69) is 0 Å². The third kappa shape index (κ3) is 2.73. The Morgan fingerprint density at radius 3 is 2.48 bits per heavy atom. The minimum Gasteiger partial charge on any atom is -0.456 e. The van der Waals surface area contributed by atoms with Gasteiger partial charge in [0.2, 0.25) is 0 Å². The van der Waals surface area contributed by atoms with Gasteiger partial charge in [0, 0.05) is 22.3 Å². The Labute approximate surface area is 129 Å². The van der Waals surface area contributed by atoms with Crippen LogP contribution in [0, 0.1) is 6.92 Å². The van der Waals surface area contributed by atoms with Crippen LogP contribution in [0.4, 0.5) is 0 Å². The molecule has 0 amide bonds. The first-order valence-electron chi connectivity index (χ1n) is 6.84. The average Bonchev–Trinajstić information content (AvgIpc) is 2.52. The summed E-state index contributed by atoms with van der Waals surface area (Å²) in [4.78, 5) is 0. The highest BCUT2D eigenvalue weighted by molar-refractivity contribution is 6.35. The molecule has 0 unspecified atom stereocenters. The number of fused-ring (bicyclic) bond motifs is 1. The summed E-state index contributed by atoms with van der Waals surface area (Å²) in [5, 5.41) is 2.72. The van der Waals surface area contributed by atoms with Gasteiger partial charge in [0.1, 0.15) is 11.5 Å². The van der Waals surface area contributed by atoms with E-state index in [1.165, 1.54) is 0 Å². The zero-order chi connectivity index (χ0) is 14.8. The van der Waals surface area contributed by atoms with Crippen LogP contribution in [-0.2, 0) is 6.54 Å². The van der Waals surface area contributed by atoms with E-state index in [0.29, 0.717) is 6.54 Å². The smallest absolute Gasteiger partial charge is 0.135 e. The van der Waals surface area contributed by atoms with Gasteiger partial charge in [-0.25, -0.2) is 0 Å². The van der Waals surface area contributed by atoms with Crippen LogP contribution in [0.1, 0.15) is 11.1 Å². The number of hydrogen-bond acceptors (Lipinski definition) is 2. The topological polar surface area (TPSA) is 35.2 Å². The lowest BCUT2D eigenvalue weighted by Crippen LogP contribution is -1.97. The predicted octanol–water partition coefficient (Wildman–Crippen LogP) is 5.05. The fourth-order valence-electron chi connectivity index (χ4n) is 2.32. The minimum absolute atomic E-state index is 0.498. The summed E-state index contributed by atoms with van der Waals surface area (Å²) in [6.07, 6.45) is 0. The van der Waals surface area contributed by atoms with Crippen LogP contribution in [0.5, 0.6) is 11.5 Å². The van der Waals surface area contributed by atoms with Crippen LogP contribution >= 0.6 is 11.6 Å². The van der Waals surface area contributed by atoms with E-state index in [4.69, 9.17) is 22.1 Å². The van der Waals surface area contributed by atoms with Crippen molar-refractivity contribution in [2.75, 3.05) is 0 Å². The van der Waals surface area contributed by atoms with Crippen molar-refractivity contribution in [1.82, 2.24) is 0 Å². The third-order valence-corrected chi connectivity index (χ3v) is 3.87. The van der Waals surface area contributed by atoms with E-state index in [0.717, 1.165) is 38.4 Å². The molecule has 0 fully saturated rings. The van der Waals surface area contributed by atoms with Crippen molar-refractivity contribution in [2.24, 2.45) is 5.73 Å². The van der Waals surface area contributed by atoms with Gasteiger partial charge in [0.25, 0.3) is 0 Å². The molecule has 0 bridgehead atoms. The number of ether oxygens (including phenoxy) is 1. The molecule has 0 aliphatic rings. The normalized spacial score (nSPS) is 10.8.